The van der Waals surface area contributed by atoms with Gasteiger partial charge in [-0.3, -0.25) is 4.79 Å². The number of amides is 3. The smallest absolute Gasteiger partial charge is 0.317 e. The van der Waals surface area contributed by atoms with E-state index in [0.29, 0.717) is 30.9 Å². The molecule has 3 amide bonds. The lowest BCUT2D eigenvalue weighted by atomic mass is 9.95. The van der Waals surface area contributed by atoms with Crippen LogP contribution in [0.4, 0.5) is 4.79 Å². The van der Waals surface area contributed by atoms with Gasteiger partial charge in [-0.25, -0.2) is 9.48 Å². The van der Waals surface area contributed by atoms with Crippen LogP contribution in [0.15, 0.2) is 5.16 Å². The van der Waals surface area contributed by atoms with Crippen molar-refractivity contribution in [2.75, 3.05) is 18.8 Å². The van der Waals surface area contributed by atoms with E-state index in [4.69, 9.17) is 0 Å². The summed E-state index contributed by atoms with van der Waals surface area (Å²) >= 11 is 1.40. The highest BCUT2D eigenvalue weighted by Crippen LogP contribution is 2.31. The topological polar surface area (TPSA) is 105 Å². The fourth-order valence-corrected chi connectivity index (χ4v) is 5.55. The number of hydrogen-bond acceptors (Lipinski definition) is 6. The lowest BCUT2D eigenvalue weighted by Crippen LogP contribution is -2.51. The maximum atomic E-state index is 12.5. The van der Waals surface area contributed by atoms with Crippen LogP contribution in [0.5, 0.6) is 0 Å². The SMILES string of the molecule is O=C(CSc1nnnn1C1CCCC1)NC1CCN(C(=O)NC2CCCCC2)CC1. The van der Waals surface area contributed by atoms with Crippen molar-refractivity contribution in [3.8, 4) is 0 Å². The minimum absolute atomic E-state index is 0.00563. The van der Waals surface area contributed by atoms with Crippen molar-refractivity contribution in [2.24, 2.45) is 0 Å². The number of likely N-dealkylation sites (tertiary alicyclic amines) is 1. The van der Waals surface area contributed by atoms with Crippen LogP contribution in [-0.2, 0) is 4.79 Å². The maximum Gasteiger partial charge on any atom is 0.317 e. The molecule has 0 unspecified atom stereocenters. The highest BCUT2D eigenvalue weighted by molar-refractivity contribution is 7.99. The Labute approximate surface area is 182 Å². The minimum atomic E-state index is 0.00563. The molecule has 3 fully saturated rings. The quantitative estimate of drug-likeness (QED) is 0.665. The number of tetrazole rings is 1. The molecule has 9 nitrogen and oxygen atoms in total. The second-order valence-corrected chi connectivity index (χ2v) is 9.69. The molecular formula is C20H33N7O2S. The van der Waals surface area contributed by atoms with Gasteiger partial charge >= 0.3 is 6.03 Å². The van der Waals surface area contributed by atoms with Crippen LogP contribution in [0.1, 0.15) is 76.7 Å². The van der Waals surface area contributed by atoms with E-state index in [-0.39, 0.29) is 18.0 Å². The summed E-state index contributed by atoms with van der Waals surface area (Å²) in [7, 11) is 0. The van der Waals surface area contributed by atoms with Crippen LogP contribution in [0, 0.1) is 0 Å². The molecule has 30 heavy (non-hydrogen) atoms. The van der Waals surface area contributed by atoms with Crippen LogP contribution >= 0.6 is 11.8 Å². The highest BCUT2D eigenvalue weighted by atomic mass is 32.2. The lowest BCUT2D eigenvalue weighted by molar-refractivity contribution is -0.119. The number of piperidine rings is 1. The third-order valence-corrected chi connectivity index (χ3v) is 7.48. The van der Waals surface area contributed by atoms with E-state index in [1.54, 1.807) is 0 Å². The zero-order valence-electron chi connectivity index (χ0n) is 17.6. The standard InChI is InChI=1S/C20H33N7O2S/c28-18(14-30-20-23-24-25-27(20)17-8-4-5-9-17)21-16-10-12-26(13-11-16)19(29)22-15-6-2-1-3-7-15/h15-17H,1-14H2,(H,21,28)(H,22,29). The normalized spacial score (nSPS) is 21.7. The van der Waals surface area contributed by atoms with Gasteiger partial charge in [-0.05, 0) is 49.0 Å². The van der Waals surface area contributed by atoms with E-state index < -0.39 is 0 Å². The summed E-state index contributed by atoms with van der Waals surface area (Å²) in [6.45, 7) is 1.38. The molecule has 4 rings (SSSR count). The summed E-state index contributed by atoms with van der Waals surface area (Å²) < 4.78 is 1.88. The van der Waals surface area contributed by atoms with Gasteiger partial charge in [-0.1, -0.05) is 43.9 Å². The molecule has 0 bridgehead atoms. The molecule has 1 saturated heterocycles. The minimum Gasteiger partial charge on any atom is -0.353 e. The Morgan fingerprint density at radius 3 is 2.30 bits per heavy atom. The molecule has 1 aromatic rings. The first-order valence-corrected chi connectivity index (χ1v) is 12.4. The second-order valence-electron chi connectivity index (χ2n) is 8.75. The maximum absolute atomic E-state index is 12.5. The summed E-state index contributed by atoms with van der Waals surface area (Å²) in [5, 5.41) is 19.0. The van der Waals surface area contributed by atoms with Gasteiger partial charge in [0.2, 0.25) is 11.1 Å². The van der Waals surface area contributed by atoms with E-state index in [9.17, 15) is 9.59 Å². The Bertz CT molecular complexity index is 708. The number of urea groups is 1. The fourth-order valence-electron chi connectivity index (χ4n) is 4.80. The Kier molecular flexibility index (Phi) is 7.46. The van der Waals surface area contributed by atoms with E-state index in [1.807, 2.05) is 9.58 Å². The molecule has 2 N–H and O–H groups in total. The Morgan fingerprint density at radius 2 is 1.57 bits per heavy atom. The van der Waals surface area contributed by atoms with E-state index >= 15 is 0 Å². The van der Waals surface area contributed by atoms with Gasteiger partial charge in [0.15, 0.2) is 0 Å². The lowest BCUT2D eigenvalue weighted by Gasteiger charge is -2.34. The van der Waals surface area contributed by atoms with Crippen LogP contribution in [0.2, 0.25) is 0 Å². The average Bonchev–Trinajstić information content (AvgIpc) is 3.45. The van der Waals surface area contributed by atoms with E-state index in [2.05, 4.69) is 26.2 Å². The molecule has 0 atom stereocenters. The Morgan fingerprint density at radius 1 is 0.900 bits per heavy atom. The summed E-state index contributed by atoms with van der Waals surface area (Å²) in [5.41, 5.74) is 0. The Balaban J connectivity index is 1.16. The average molecular weight is 436 g/mol. The largest absolute Gasteiger partial charge is 0.353 e. The number of aromatic nitrogens is 4. The van der Waals surface area contributed by atoms with Gasteiger partial charge in [0.25, 0.3) is 0 Å². The molecule has 1 aliphatic heterocycles. The summed E-state index contributed by atoms with van der Waals surface area (Å²) in [5.74, 6) is 0.321. The molecule has 2 aliphatic carbocycles. The van der Waals surface area contributed by atoms with Crippen LogP contribution in [0.25, 0.3) is 0 Å². The van der Waals surface area contributed by atoms with Crippen molar-refractivity contribution in [1.29, 1.82) is 0 Å². The van der Waals surface area contributed by atoms with Crippen molar-refractivity contribution in [3.63, 3.8) is 0 Å². The third kappa shape index (κ3) is 5.65. The first-order valence-electron chi connectivity index (χ1n) is 11.4. The molecule has 0 spiro atoms. The monoisotopic (exact) mass is 435 g/mol. The predicted molar refractivity (Wildman–Crippen MR) is 114 cm³/mol. The summed E-state index contributed by atoms with van der Waals surface area (Å²) in [6, 6.07) is 0.889. The number of carbonyl (C=O) groups is 2. The van der Waals surface area contributed by atoms with Crippen molar-refractivity contribution in [1.82, 2.24) is 35.7 Å². The van der Waals surface area contributed by atoms with Crippen LogP contribution in [0.3, 0.4) is 0 Å². The first kappa shape index (κ1) is 21.4. The molecule has 0 aromatic carbocycles. The highest BCUT2D eigenvalue weighted by Gasteiger charge is 2.26. The number of rotatable bonds is 6. The van der Waals surface area contributed by atoms with Crippen LogP contribution in [-0.4, -0.2) is 68.0 Å². The molecule has 2 saturated carbocycles. The number of nitrogens with one attached hydrogen (secondary N) is 2. The number of hydrogen-bond donors (Lipinski definition) is 2. The fraction of sp³-hybridized carbons (Fsp3) is 0.850. The van der Waals surface area contributed by atoms with Gasteiger partial charge in [-0.2, -0.15) is 0 Å². The van der Waals surface area contributed by atoms with Gasteiger partial charge in [-0.15, -0.1) is 5.10 Å². The van der Waals surface area contributed by atoms with Crippen molar-refractivity contribution in [2.45, 2.75) is 93.9 Å². The zero-order valence-corrected chi connectivity index (χ0v) is 18.4. The van der Waals surface area contributed by atoms with Crippen molar-refractivity contribution in [3.05, 3.63) is 0 Å². The third-order valence-electron chi connectivity index (χ3n) is 6.55. The molecule has 0 radical (unpaired) electrons. The molecule has 2 heterocycles. The molecule has 166 valence electrons. The van der Waals surface area contributed by atoms with Crippen LogP contribution < -0.4 is 10.6 Å². The summed E-state index contributed by atoms with van der Waals surface area (Å²) in [4.78, 5) is 26.8. The second kappa shape index (κ2) is 10.5. The molecule has 1 aromatic heterocycles. The van der Waals surface area contributed by atoms with E-state index in [1.165, 1.54) is 43.9 Å². The predicted octanol–water partition coefficient (Wildman–Crippen LogP) is 2.50. The summed E-state index contributed by atoms with van der Waals surface area (Å²) in [6.07, 6.45) is 12.1. The van der Waals surface area contributed by atoms with Gasteiger partial charge in [0, 0.05) is 25.2 Å². The zero-order chi connectivity index (χ0) is 20.8. The number of carbonyl (C=O) groups excluding carboxylic acids is 2. The molecular weight excluding hydrogens is 402 g/mol. The van der Waals surface area contributed by atoms with Crippen molar-refractivity contribution < 1.29 is 9.59 Å². The molecule has 3 aliphatic rings. The number of thioether (sulfide) groups is 1. The Hall–Kier alpha value is -1.84. The van der Waals surface area contributed by atoms with Crippen molar-refractivity contribution >= 4 is 23.7 Å². The van der Waals surface area contributed by atoms with Gasteiger partial charge < -0.3 is 15.5 Å². The van der Waals surface area contributed by atoms with Gasteiger partial charge in [0.05, 0.1) is 11.8 Å². The van der Waals surface area contributed by atoms with E-state index in [0.717, 1.165) is 43.7 Å². The first-order chi connectivity index (χ1) is 14.7. The van der Waals surface area contributed by atoms with Gasteiger partial charge in [0.1, 0.15) is 0 Å². The number of nitrogens with zero attached hydrogens (tertiary/aromatic N) is 5. The molecule has 10 heteroatoms.